The third kappa shape index (κ3) is 2.29. The van der Waals surface area contributed by atoms with E-state index in [1.54, 1.807) is 19.9 Å². The Balaban J connectivity index is 3.14. The molecule has 1 aromatic rings. The molecule has 0 aliphatic heterocycles. The van der Waals surface area contributed by atoms with Gasteiger partial charge in [0.2, 0.25) is 0 Å². The van der Waals surface area contributed by atoms with Gasteiger partial charge in [0.25, 0.3) is 0 Å². The second kappa shape index (κ2) is 4.51. The Morgan fingerprint density at radius 2 is 2.00 bits per heavy atom. The quantitative estimate of drug-likeness (QED) is 0.775. The molecule has 0 fully saturated rings. The Hall–Kier alpha value is -0.960. The molecule has 0 amide bonds. The monoisotopic (exact) mass is 218 g/mol. The van der Waals surface area contributed by atoms with Crippen LogP contribution in [-0.4, -0.2) is 13.2 Å². The lowest BCUT2D eigenvalue weighted by molar-refractivity contribution is 0.219. The van der Waals surface area contributed by atoms with E-state index in [1.807, 2.05) is 0 Å². The van der Waals surface area contributed by atoms with Gasteiger partial charge >= 0.3 is 0 Å². The summed E-state index contributed by atoms with van der Waals surface area (Å²) in [5.74, 6) is -0.171. The molecule has 0 heterocycles. The standard InChI is InChI=1S/C10H12ClFO2/c1-6(2)14-10-8(13-3)5-4-7(11)9(10)12/h4-6H,1-3H3. The van der Waals surface area contributed by atoms with Crippen molar-refractivity contribution in [2.45, 2.75) is 20.0 Å². The van der Waals surface area contributed by atoms with Gasteiger partial charge in [-0.1, -0.05) is 11.6 Å². The maximum absolute atomic E-state index is 13.5. The molecule has 0 bridgehead atoms. The maximum Gasteiger partial charge on any atom is 0.198 e. The van der Waals surface area contributed by atoms with Crippen molar-refractivity contribution in [3.63, 3.8) is 0 Å². The molecule has 78 valence electrons. The van der Waals surface area contributed by atoms with E-state index in [9.17, 15) is 4.39 Å². The molecule has 0 spiro atoms. The van der Waals surface area contributed by atoms with Crippen LogP contribution in [0.5, 0.6) is 11.5 Å². The van der Waals surface area contributed by atoms with Gasteiger partial charge < -0.3 is 9.47 Å². The molecule has 0 aliphatic carbocycles. The van der Waals surface area contributed by atoms with Crippen molar-refractivity contribution in [2.75, 3.05) is 7.11 Å². The minimum Gasteiger partial charge on any atom is -0.493 e. The highest BCUT2D eigenvalue weighted by Crippen LogP contribution is 2.34. The Kier molecular flexibility index (Phi) is 3.58. The summed E-state index contributed by atoms with van der Waals surface area (Å²) in [7, 11) is 1.45. The van der Waals surface area contributed by atoms with Gasteiger partial charge in [-0.05, 0) is 26.0 Å². The molecule has 2 nitrogen and oxygen atoms in total. The topological polar surface area (TPSA) is 18.5 Å². The summed E-state index contributed by atoms with van der Waals surface area (Å²) in [5, 5.41) is 0.0291. The molecule has 0 aliphatic rings. The third-order valence-electron chi connectivity index (χ3n) is 1.59. The fraction of sp³-hybridized carbons (Fsp3) is 0.400. The van der Waals surface area contributed by atoms with Gasteiger partial charge in [0.05, 0.1) is 18.2 Å². The lowest BCUT2D eigenvalue weighted by Gasteiger charge is -2.14. The van der Waals surface area contributed by atoms with Crippen LogP contribution < -0.4 is 9.47 Å². The van der Waals surface area contributed by atoms with E-state index in [2.05, 4.69) is 0 Å². The lowest BCUT2D eigenvalue weighted by atomic mass is 10.3. The Labute approximate surface area is 87.6 Å². The van der Waals surface area contributed by atoms with Crippen LogP contribution >= 0.6 is 11.6 Å². The van der Waals surface area contributed by atoms with Crippen LogP contribution in [0.3, 0.4) is 0 Å². The van der Waals surface area contributed by atoms with Crippen LogP contribution in [0.2, 0.25) is 5.02 Å². The van der Waals surface area contributed by atoms with Gasteiger partial charge in [0.1, 0.15) is 0 Å². The highest BCUT2D eigenvalue weighted by Gasteiger charge is 2.15. The van der Waals surface area contributed by atoms with Gasteiger partial charge in [-0.15, -0.1) is 0 Å². The SMILES string of the molecule is COc1ccc(Cl)c(F)c1OC(C)C. The van der Waals surface area contributed by atoms with E-state index in [4.69, 9.17) is 21.1 Å². The Bertz CT molecular complexity index is 326. The van der Waals surface area contributed by atoms with Crippen LogP contribution in [0.1, 0.15) is 13.8 Å². The highest BCUT2D eigenvalue weighted by atomic mass is 35.5. The molecule has 0 saturated heterocycles. The first-order valence-corrected chi connectivity index (χ1v) is 4.62. The first kappa shape index (κ1) is 11.1. The number of rotatable bonds is 3. The number of methoxy groups -OCH3 is 1. The summed E-state index contributed by atoms with van der Waals surface area (Å²) >= 11 is 5.62. The minimum atomic E-state index is -0.584. The lowest BCUT2D eigenvalue weighted by Crippen LogP contribution is -2.08. The maximum atomic E-state index is 13.5. The number of halogens is 2. The molecule has 14 heavy (non-hydrogen) atoms. The second-order valence-electron chi connectivity index (χ2n) is 3.06. The summed E-state index contributed by atoms with van der Waals surface area (Å²) < 4.78 is 23.7. The zero-order valence-electron chi connectivity index (χ0n) is 8.30. The Morgan fingerprint density at radius 1 is 1.36 bits per heavy atom. The largest absolute Gasteiger partial charge is 0.493 e. The van der Waals surface area contributed by atoms with Gasteiger partial charge in [-0.2, -0.15) is 0 Å². The Morgan fingerprint density at radius 3 is 2.50 bits per heavy atom. The van der Waals surface area contributed by atoms with Crippen molar-refractivity contribution < 1.29 is 13.9 Å². The highest BCUT2D eigenvalue weighted by molar-refractivity contribution is 6.30. The van der Waals surface area contributed by atoms with E-state index in [0.717, 1.165) is 0 Å². The molecule has 0 unspecified atom stereocenters. The molecular formula is C10H12ClFO2. The fourth-order valence-corrected chi connectivity index (χ4v) is 1.17. The predicted molar refractivity (Wildman–Crippen MR) is 53.7 cm³/mol. The number of hydrogen-bond donors (Lipinski definition) is 0. The molecule has 0 atom stereocenters. The molecule has 0 aromatic heterocycles. The molecule has 0 saturated carbocycles. The van der Waals surface area contributed by atoms with E-state index < -0.39 is 5.82 Å². The van der Waals surface area contributed by atoms with Crippen molar-refractivity contribution in [2.24, 2.45) is 0 Å². The van der Waals surface area contributed by atoms with Crippen LogP contribution in [0, 0.1) is 5.82 Å². The number of hydrogen-bond acceptors (Lipinski definition) is 2. The molecule has 1 aromatic carbocycles. The normalized spacial score (nSPS) is 10.4. The van der Waals surface area contributed by atoms with Gasteiger partial charge in [-0.25, -0.2) is 4.39 Å². The average molecular weight is 219 g/mol. The van der Waals surface area contributed by atoms with Crippen molar-refractivity contribution in [3.8, 4) is 11.5 Å². The first-order valence-electron chi connectivity index (χ1n) is 4.25. The van der Waals surface area contributed by atoms with Gasteiger partial charge in [0, 0.05) is 0 Å². The summed E-state index contributed by atoms with van der Waals surface area (Å²) in [5.41, 5.74) is 0. The van der Waals surface area contributed by atoms with Crippen LogP contribution in [0.15, 0.2) is 12.1 Å². The summed E-state index contributed by atoms with van der Waals surface area (Å²) in [6.45, 7) is 3.61. The first-order chi connectivity index (χ1) is 6.56. The van der Waals surface area contributed by atoms with Crippen LogP contribution in [0.25, 0.3) is 0 Å². The van der Waals surface area contributed by atoms with E-state index in [0.29, 0.717) is 5.75 Å². The van der Waals surface area contributed by atoms with Crippen molar-refractivity contribution in [3.05, 3.63) is 23.0 Å². The molecular weight excluding hydrogens is 207 g/mol. The molecule has 1 rings (SSSR count). The van der Waals surface area contributed by atoms with Gasteiger partial charge in [0.15, 0.2) is 17.3 Å². The summed E-state index contributed by atoms with van der Waals surface area (Å²) in [6.07, 6.45) is -0.128. The van der Waals surface area contributed by atoms with Crippen LogP contribution in [0.4, 0.5) is 4.39 Å². The van der Waals surface area contributed by atoms with Crippen molar-refractivity contribution >= 4 is 11.6 Å². The third-order valence-corrected chi connectivity index (χ3v) is 1.88. The number of ether oxygens (including phenoxy) is 2. The minimum absolute atomic E-state index is 0.0291. The molecule has 0 radical (unpaired) electrons. The van der Waals surface area contributed by atoms with Crippen LogP contribution in [-0.2, 0) is 0 Å². The number of benzene rings is 1. The smallest absolute Gasteiger partial charge is 0.198 e. The van der Waals surface area contributed by atoms with Crippen molar-refractivity contribution in [1.82, 2.24) is 0 Å². The fourth-order valence-electron chi connectivity index (χ4n) is 1.02. The summed E-state index contributed by atoms with van der Waals surface area (Å²) in [6, 6.07) is 3.01. The average Bonchev–Trinajstić information content (AvgIpc) is 2.13. The van der Waals surface area contributed by atoms with Gasteiger partial charge in [-0.3, -0.25) is 0 Å². The second-order valence-corrected chi connectivity index (χ2v) is 3.47. The zero-order chi connectivity index (χ0) is 10.7. The summed E-state index contributed by atoms with van der Waals surface area (Å²) in [4.78, 5) is 0. The molecule has 4 heteroatoms. The van der Waals surface area contributed by atoms with E-state index >= 15 is 0 Å². The van der Waals surface area contributed by atoms with E-state index in [1.165, 1.54) is 13.2 Å². The predicted octanol–water partition coefficient (Wildman–Crippen LogP) is 3.27. The van der Waals surface area contributed by atoms with Crippen molar-refractivity contribution in [1.29, 1.82) is 0 Å². The molecule has 0 N–H and O–H groups in total. The van der Waals surface area contributed by atoms with E-state index in [-0.39, 0.29) is 16.9 Å². The zero-order valence-corrected chi connectivity index (χ0v) is 9.06.